The van der Waals surface area contributed by atoms with Crippen LogP contribution in [0.2, 0.25) is 0 Å². The summed E-state index contributed by atoms with van der Waals surface area (Å²) in [7, 11) is 0. The summed E-state index contributed by atoms with van der Waals surface area (Å²) in [5.74, 6) is -1.40. The number of hydrogen-bond acceptors (Lipinski definition) is 7. The predicted octanol–water partition coefficient (Wildman–Crippen LogP) is 0.184. The molecule has 1 fully saturated rings. The van der Waals surface area contributed by atoms with Crippen LogP contribution in [-0.4, -0.2) is 44.0 Å². The van der Waals surface area contributed by atoms with Crippen molar-refractivity contribution in [3.63, 3.8) is 0 Å². The molecule has 0 aromatic rings. The second-order valence-electron chi connectivity index (χ2n) is 3.34. The van der Waals surface area contributed by atoms with Gasteiger partial charge in [0, 0.05) is 5.57 Å². The number of carbonyl (C=O) groups is 3. The van der Waals surface area contributed by atoms with Gasteiger partial charge in [-0.2, -0.15) is 0 Å². The van der Waals surface area contributed by atoms with E-state index < -0.39 is 30.8 Å². The molecule has 0 saturated carbocycles. The Balaban J connectivity index is 2.15. The molecule has 7 nitrogen and oxygen atoms in total. The monoisotopic (exact) mass is 244 g/mol. The maximum Gasteiger partial charge on any atom is 0.508 e. The molecule has 7 heteroatoms. The van der Waals surface area contributed by atoms with E-state index in [1.165, 1.54) is 6.92 Å². The molecule has 1 aliphatic heterocycles. The Morgan fingerprint density at radius 2 is 2.18 bits per heavy atom. The molecule has 0 radical (unpaired) electrons. The normalized spacial score (nSPS) is 17.9. The lowest BCUT2D eigenvalue weighted by Crippen LogP contribution is -2.24. The summed E-state index contributed by atoms with van der Waals surface area (Å²) in [6, 6.07) is 0. The Bertz CT molecular complexity index is 347. The molecule has 1 atom stereocenters. The molecule has 0 N–H and O–H groups in total. The number of ether oxygens (including phenoxy) is 4. The van der Waals surface area contributed by atoms with Crippen LogP contribution in [-0.2, 0) is 28.5 Å². The molecule has 1 heterocycles. The zero-order chi connectivity index (χ0) is 12.8. The van der Waals surface area contributed by atoms with Crippen molar-refractivity contribution in [1.29, 1.82) is 0 Å². The van der Waals surface area contributed by atoms with Gasteiger partial charge in [-0.05, 0) is 6.92 Å². The maximum absolute atomic E-state index is 11.1. The van der Waals surface area contributed by atoms with Gasteiger partial charge in [0.2, 0.25) is 0 Å². The smallest absolute Gasteiger partial charge is 0.459 e. The average molecular weight is 244 g/mol. The second kappa shape index (κ2) is 5.88. The van der Waals surface area contributed by atoms with Crippen molar-refractivity contribution < 1.29 is 33.3 Å². The minimum atomic E-state index is -0.792. The molecule has 0 aliphatic carbocycles. The minimum Gasteiger partial charge on any atom is -0.459 e. The van der Waals surface area contributed by atoms with Crippen LogP contribution in [0.4, 0.5) is 4.79 Å². The SMILES string of the molecule is C=C(C)C(=O)OCC(=O)OCC1COC(=O)O1. The molecule has 0 aromatic heterocycles. The van der Waals surface area contributed by atoms with E-state index in [1.54, 1.807) is 0 Å². The summed E-state index contributed by atoms with van der Waals surface area (Å²) in [5, 5.41) is 0. The van der Waals surface area contributed by atoms with Crippen molar-refractivity contribution >= 4 is 18.1 Å². The van der Waals surface area contributed by atoms with E-state index in [4.69, 9.17) is 4.74 Å². The van der Waals surface area contributed by atoms with Gasteiger partial charge in [-0.25, -0.2) is 14.4 Å². The molecule has 1 unspecified atom stereocenters. The number of hydrogen-bond donors (Lipinski definition) is 0. The minimum absolute atomic E-state index is 0.0394. The fourth-order valence-corrected chi connectivity index (χ4v) is 0.922. The van der Waals surface area contributed by atoms with Gasteiger partial charge in [0.15, 0.2) is 12.7 Å². The van der Waals surface area contributed by atoms with Crippen molar-refractivity contribution in [3.05, 3.63) is 12.2 Å². The van der Waals surface area contributed by atoms with E-state index in [-0.39, 0.29) is 18.8 Å². The summed E-state index contributed by atoms with van der Waals surface area (Å²) >= 11 is 0. The van der Waals surface area contributed by atoms with Gasteiger partial charge in [0.05, 0.1) is 0 Å². The molecule has 1 aliphatic rings. The Hall–Kier alpha value is -2.05. The Kier molecular flexibility index (Phi) is 4.50. The molecule has 0 bridgehead atoms. The van der Waals surface area contributed by atoms with E-state index in [9.17, 15) is 14.4 Å². The van der Waals surface area contributed by atoms with Gasteiger partial charge < -0.3 is 18.9 Å². The third kappa shape index (κ3) is 4.54. The first-order valence-corrected chi connectivity index (χ1v) is 4.80. The summed E-state index contributed by atoms with van der Waals surface area (Å²) in [5.41, 5.74) is 0.191. The van der Waals surface area contributed by atoms with Crippen molar-refractivity contribution in [2.45, 2.75) is 13.0 Å². The Labute approximate surface area is 97.3 Å². The summed E-state index contributed by atoms with van der Waals surface area (Å²) in [6.07, 6.45) is -1.40. The highest BCUT2D eigenvalue weighted by atomic mass is 16.8. The van der Waals surface area contributed by atoms with Crippen LogP contribution in [0.5, 0.6) is 0 Å². The molecule has 17 heavy (non-hydrogen) atoms. The lowest BCUT2D eigenvalue weighted by molar-refractivity contribution is -0.158. The topological polar surface area (TPSA) is 88.1 Å². The average Bonchev–Trinajstić information content (AvgIpc) is 2.69. The van der Waals surface area contributed by atoms with Gasteiger partial charge in [-0.15, -0.1) is 0 Å². The first-order chi connectivity index (χ1) is 7.99. The first-order valence-electron chi connectivity index (χ1n) is 4.80. The largest absolute Gasteiger partial charge is 0.508 e. The summed E-state index contributed by atoms with van der Waals surface area (Å²) < 4.78 is 18.3. The third-order valence-corrected chi connectivity index (χ3v) is 1.75. The van der Waals surface area contributed by atoms with Crippen LogP contribution in [0.25, 0.3) is 0 Å². The van der Waals surface area contributed by atoms with Crippen LogP contribution in [0, 0.1) is 0 Å². The summed E-state index contributed by atoms with van der Waals surface area (Å²) in [4.78, 5) is 32.6. The van der Waals surface area contributed by atoms with Crippen molar-refractivity contribution in [2.24, 2.45) is 0 Å². The molecule has 0 spiro atoms. The molecule has 0 aromatic carbocycles. The maximum atomic E-state index is 11.1. The fraction of sp³-hybridized carbons (Fsp3) is 0.500. The highest BCUT2D eigenvalue weighted by Crippen LogP contribution is 2.06. The Morgan fingerprint density at radius 3 is 2.71 bits per heavy atom. The van der Waals surface area contributed by atoms with E-state index >= 15 is 0 Å². The zero-order valence-electron chi connectivity index (χ0n) is 9.26. The number of cyclic esters (lactones) is 2. The lowest BCUT2D eigenvalue weighted by Gasteiger charge is -2.08. The van der Waals surface area contributed by atoms with Gasteiger partial charge in [-0.3, -0.25) is 0 Å². The van der Waals surface area contributed by atoms with E-state index in [0.29, 0.717) is 0 Å². The van der Waals surface area contributed by atoms with Crippen LogP contribution < -0.4 is 0 Å². The molecular formula is C10H12O7. The van der Waals surface area contributed by atoms with Gasteiger partial charge in [0.1, 0.15) is 13.2 Å². The van der Waals surface area contributed by atoms with Gasteiger partial charge >= 0.3 is 18.1 Å². The van der Waals surface area contributed by atoms with E-state index in [0.717, 1.165) is 0 Å². The molecule has 1 rings (SSSR count). The molecule has 1 saturated heterocycles. The predicted molar refractivity (Wildman–Crippen MR) is 53.0 cm³/mol. The number of rotatable bonds is 5. The van der Waals surface area contributed by atoms with E-state index in [1.807, 2.05) is 0 Å². The number of esters is 2. The van der Waals surface area contributed by atoms with Crippen molar-refractivity contribution in [2.75, 3.05) is 19.8 Å². The van der Waals surface area contributed by atoms with Crippen LogP contribution in [0.15, 0.2) is 12.2 Å². The standard InChI is InChI=1S/C10H12O7/c1-6(2)9(12)15-5-8(11)14-3-7-4-16-10(13)17-7/h7H,1,3-5H2,2H3. The molecular weight excluding hydrogens is 232 g/mol. The quantitative estimate of drug-likeness (QED) is 0.387. The summed E-state index contributed by atoms with van der Waals surface area (Å²) in [6.45, 7) is 4.21. The lowest BCUT2D eigenvalue weighted by atomic mass is 10.4. The van der Waals surface area contributed by atoms with Crippen molar-refractivity contribution in [3.8, 4) is 0 Å². The zero-order valence-corrected chi connectivity index (χ0v) is 9.26. The Morgan fingerprint density at radius 1 is 1.47 bits per heavy atom. The molecule has 94 valence electrons. The van der Waals surface area contributed by atoms with Crippen LogP contribution in [0.1, 0.15) is 6.92 Å². The van der Waals surface area contributed by atoms with Crippen LogP contribution >= 0.6 is 0 Å². The first kappa shape index (κ1) is 13.0. The van der Waals surface area contributed by atoms with Crippen molar-refractivity contribution in [1.82, 2.24) is 0 Å². The van der Waals surface area contributed by atoms with Gasteiger partial charge in [0.25, 0.3) is 0 Å². The fourth-order valence-electron chi connectivity index (χ4n) is 0.922. The highest BCUT2D eigenvalue weighted by Gasteiger charge is 2.26. The number of carbonyl (C=O) groups excluding carboxylic acids is 3. The van der Waals surface area contributed by atoms with E-state index in [2.05, 4.69) is 20.8 Å². The third-order valence-electron chi connectivity index (χ3n) is 1.75. The molecule has 0 amide bonds. The second-order valence-corrected chi connectivity index (χ2v) is 3.34. The van der Waals surface area contributed by atoms with Gasteiger partial charge in [-0.1, -0.05) is 6.58 Å². The van der Waals surface area contributed by atoms with Crippen LogP contribution in [0.3, 0.4) is 0 Å². The highest BCUT2D eigenvalue weighted by molar-refractivity contribution is 5.88.